The lowest BCUT2D eigenvalue weighted by Gasteiger charge is -2.11. The van der Waals surface area contributed by atoms with Crippen molar-refractivity contribution in [2.24, 2.45) is 0 Å². The molecule has 100 valence electrons. The van der Waals surface area contributed by atoms with Gasteiger partial charge >= 0.3 is 0 Å². The standard InChI is InChI=1S/C14H15NO4/c1-17-11-6-12(18-2)8-13(7-11)19-14-10(9-16)4-3-5-15-14/h3-8,16H,9H2,1-2H3. The van der Waals surface area contributed by atoms with E-state index in [-0.39, 0.29) is 6.61 Å². The molecule has 1 N–H and O–H groups in total. The zero-order valence-corrected chi connectivity index (χ0v) is 10.8. The van der Waals surface area contributed by atoms with E-state index in [1.165, 1.54) is 0 Å². The van der Waals surface area contributed by atoms with Crippen molar-refractivity contribution in [3.63, 3.8) is 0 Å². The van der Waals surface area contributed by atoms with Crippen LogP contribution in [0.25, 0.3) is 0 Å². The molecule has 2 aromatic rings. The minimum absolute atomic E-state index is 0.135. The lowest BCUT2D eigenvalue weighted by molar-refractivity contribution is 0.275. The van der Waals surface area contributed by atoms with Crippen LogP contribution in [0.1, 0.15) is 5.56 Å². The Labute approximate surface area is 111 Å². The summed E-state index contributed by atoms with van der Waals surface area (Å²) in [6.07, 6.45) is 1.60. The van der Waals surface area contributed by atoms with E-state index in [9.17, 15) is 5.11 Å². The summed E-state index contributed by atoms with van der Waals surface area (Å²) < 4.78 is 16.0. The van der Waals surface area contributed by atoms with Crippen LogP contribution in [0.4, 0.5) is 0 Å². The second kappa shape index (κ2) is 6.06. The molecule has 2 rings (SSSR count). The molecule has 1 aromatic carbocycles. The first-order chi connectivity index (χ1) is 9.26. The molecule has 5 heteroatoms. The van der Waals surface area contributed by atoms with Crippen molar-refractivity contribution in [1.82, 2.24) is 4.98 Å². The smallest absolute Gasteiger partial charge is 0.224 e. The first-order valence-electron chi connectivity index (χ1n) is 5.72. The second-order valence-electron chi connectivity index (χ2n) is 3.78. The van der Waals surface area contributed by atoms with Gasteiger partial charge in [-0.05, 0) is 12.1 Å². The van der Waals surface area contributed by atoms with Crippen molar-refractivity contribution in [2.75, 3.05) is 14.2 Å². The van der Waals surface area contributed by atoms with Crippen LogP contribution in [-0.4, -0.2) is 24.3 Å². The quantitative estimate of drug-likeness (QED) is 0.895. The Kier molecular flexibility index (Phi) is 4.20. The number of ether oxygens (including phenoxy) is 3. The van der Waals surface area contributed by atoms with E-state index in [1.54, 1.807) is 50.7 Å². The molecule has 0 spiro atoms. The largest absolute Gasteiger partial charge is 0.496 e. The fraction of sp³-hybridized carbons (Fsp3) is 0.214. The molecule has 0 aliphatic heterocycles. The summed E-state index contributed by atoms with van der Waals surface area (Å²) in [6, 6.07) is 8.68. The van der Waals surface area contributed by atoms with Crippen molar-refractivity contribution < 1.29 is 19.3 Å². The van der Waals surface area contributed by atoms with E-state index in [4.69, 9.17) is 14.2 Å². The minimum atomic E-state index is -0.135. The maximum absolute atomic E-state index is 9.23. The maximum atomic E-state index is 9.23. The highest BCUT2D eigenvalue weighted by molar-refractivity contribution is 5.44. The van der Waals surface area contributed by atoms with Crippen LogP contribution in [0.2, 0.25) is 0 Å². The Morgan fingerprint density at radius 2 is 1.68 bits per heavy atom. The van der Waals surface area contributed by atoms with E-state index in [0.717, 1.165) is 0 Å². The van der Waals surface area contributed by atoms with Crippen LogP contribution in [0.5, 0.6) is 23.1 Å². The molecule has 0 aliphatic rings. The Morgan fingerprint density at radius 1 is 1.05 bits per heavy atom. The number of methoxy groups -OCH3 is 2. The third kappa shape index (κ3) is 3.14. The number of aliphatic hydroxyl groups is 1. The molecule has 0 saturated carbocycles. The van der Waals surface area contributed by atoms with E-state index in [0.29, 0.717) is 28.7 Å². The first-order valence-corrected chi connectivity index (χ1v) is 5.72. The summed E-state index contributed by atoms with van der Waals surface area (Å²) in [5, 5.41) is 9.23. The normalized spacial score (nSPS) is 10.1. The summed E-state index contributed by atoms with van der Waals surface area (Å²) >= 11 is 0. The number of aromatic nitrogens is 1. The molecule has 1 heterocycles. The molecule has 0 radical (unpaired) electrons. The van der Waals surface area contributed by atoms with Gasteiger partial charge in [0.05, 0.1) is 20.8 Å². The predicted octanol–water partition coefficient (Wildman–Crippen LogP) is 2.38. The van der Waals surface area contributed by atoms with Gasteiger partial charge in [0.25, 0.3) is 0 Å². The van der Waals surface area contributed by atoms with Crippen molar-refractivity contribution in [1.29, 1.82) is 0 Å². The Balaban J connectivity index is 2.32. The van der Waals surface area contributed by atoms with Crippen LogP contribution in [0, 0.1) is 0 Å². The Hall–Kier alpha value is -2.27. The Bertz CT molecular complexity index is 535. The van der Waals surface area contributed by atoms with E-state index < -0.39 is 0 Å². The van der Waals surface area contributed by atoms with Gasteiger partial charge in [0.2, 0.25) is 5.88 Å². The number of hydrogen-bond donors (Lipinski definition) is 1. The number of rotatable bonds is 5. The van der Waals surface area contributed by atoms with Gasteiger partial charge in [0, 0.05) is 30.0 Å². The van der Waals surface area contributed by atoms with E-state index in [1.807, 2.05) is 0 Å². The molecule has 19 heavy (non-hydrogen) atoms. The van der Waals surface area contributed by atoms with Gasteiger partial charge in [-0.25, -0.2) is 4.98 Å². The number of aliphatic hydroxyl groups excluding tert-OH is 1. The molecule has 0 atom stereocenters. The molecule has 0 fully saturated rings. The third-order valence-electron chi connectivity index (χ3n) is 2.56. The molecule has 1 aromatic heterocycles. The van der Waals surface area contributed by atoms with Crippen LogP contribution in [-0.2, 0) is 6.61 Å². The van der Waals surface area contributed by atoms with Gasteiger partial charge in [0.15, 0.2) is 0 Å². The highest BCUT2D eigenvalue weighted by atomic mass is 16.5. The van der Waals surface area contributed by atoms with Crippen LogP contribution < -0.4 is 14.2 Å². The van der Waals surface area contributed by atoms with Gasteiger partial charge < -0.3 is 19.3 Å². The molecular formula is C14H15NO4. The molecule has 0 aliphatic carbocycles. The minimum Gasteiger partial charge on any atom is -0.496 e. The van der Waals surface area contributed by atoms with Crippen LogP contribution in [0.3, 0.4) is 0 Å². The molecule has 0 amide bonds. The van der Waals surface area contributed by atoms with Gasteiger partial charge in [-0.3, -0.25) is 0 Å². The molecule has 0 saturated heterocycles. The van der Waals surface area contributed by atoms with Gasteiger partial charge in [0.1, 0.15) is 17.2 Å². The van der Waals surface area contributed by atoms with Gasteiger partial charge in [-0.2, -0.15) is 0 Å². The lowest BCUT2D eigenvalue weighted by atomic mass is 10.3. The van der Waals surface area contributed by atoms with Crippen molar-refractivity contribution in [3.05, 3.63) is 42.1 Å². The zero-order valence-electron chi connectivity index (χ0n) is 10.8. The highest BCUT2D eigenvalue weighted by Crippen LogP contribution is 2.31. The molecule has 5 nitrogen and oxygen atoms in total. The molecular weight excluding hydrogens is 246 g/mol. The Morgan fingerprint density at radius 3 is 2.26 bits per heavy atom. The summed E-state index contributed by atoms with van der Waals surface area (Å²) in [5.41, 5.74) is 0.615. The summed E-state index contributed by atoms with van der Waals surface area (Å²) in [7, 11) is 3.14. The lowest BCUT2D eigenvalue weighted by Crippen LogP contribution is -1.95. The average molecular weight is 261 g/mol. The highest BCUT2D eigenvalue weighted by Gasteiger charge is 2.08. The van der Waals surface area contributed by atoms with Gasteiger partial charge in [-0.15, -0.1) is 0 Å². The fourth-order valence-electron chi connectivity index (χ4n) is 1.59. The third-order valence-corrected chi connectivity index (χ3v) is 2.56. The monoisotopic (exact) mass is 261 g/mol. The van der Waals surface area contributed by atoms with Gasteiger partial charge in [-0.1, -0.05) is 0 Å². The van der Waals surface area contributed by atoms with Crippen molar-refractivity contribution >= 4 is 0 Å². The van der Waals surface area contributed by atoms with E-state index >= 15 is 0 Å². The summed E-state index contributed by atoms with van der Waals surface area (Å²) in [6.45, 7) is -0.135. The van der Waals surface area contributed by atoms with Crippen molar-refractivity contribution in [3.8, 4) is 23.1 Å². The van der Waals surface area contributed by atoms with Crippen LogP contribution >= 0.6 is 0 Å². The first kappa shape index (κ1) is 13.2. The predicted molar refractivity (Wildman–Crippen MR) is 69.8 cm³/mol. The number of benzene rings is 1. The molecule has 0 bridgehead atoms. The average Bonchev–Trinajstić information content (AvgIpc) is 2.47. The zero-order chi connectivity index (χ0) is 13.7. The summed E-state index contributed by atoms with van der Waals surface area (Å²) in [5.74, 6) is 2.14. The van der Waals surface area contributed by atoms with Crippen molar-refractivity contribution in [2.45, 2.75) is 6.61 Å². The van der Waals surface area contributed by atoms with E-state index in [2.05, 4.69) is 4.98 Å². The summed E-state index contributed by atoms with van der Waals surface area (Å²) in [4.78, 5) is 4.09. The second-order valence-corrected chi connectivity index (χ2v) is 3.78. The number of hydrogen-bond acceptors (Lipinski definition) is 5. The molecule has 0 unspecified atom stereocenters. The maximum Gasteiger partial charge on any atom is 0.224 e. The number of pyridine rings is 1. The topological polar surface area (TPSA) is 60.8 Å². The SMILES string of the molecule is COc1cc(OC)cc(Oc2ncccc2CO)c1. The fourth-order valence-corrected chi connectivity index (χ4v) is 1.59. The van der Waals surface area contributed by atoms with Crippen LogP contribution in [0.15, 0.2) is 36.5 Å². The number of nitrogens with zero attached hydrogens (tertiary/aromatic N) is 1.